The van der Waals surface area contributed by atoms with Gasteiger partial charge in [0.25, 0.3) is 5.56 Å². The quantitative estimate of drug-likeness (QED) is 0.853. The summed E-state index contributed by atoms with van der Waals surface area (Å²) < 4.78 is 1.18. The Morgan fingerprint density at radius 3 is 2.72 bits per heavy atom. The van der Waals surface area contributed by atoms with Crippen LogP contribution in [0.3, 0.4) is 0 Å². The van der Waals surface area contributed by atoms with Crippen molar-refractivity contribution >= 4 is 11.8 Å². The van der Waals surface area contributed by atoms with Gasteiger partial charge < -0.3 is 10.2 Å². The summed E-state index contributed by atoms with van der Waals surface area (Å²) in [4.78, 5) is 38.2. The molecule has 1 saturated heterocycles. The molecule has 25 heavy (non-hydrogen) atoms. The second kappa shape index (κ2) is 7.37. The Hall–Kier alpha value is -2.18. The molecule has 1 saturated carbocycles. The number of amides is 2. The molecule has 2 heterocycles. The van der Waals surface area contributed by atoms with Gasteiger partial charge in [-0.05, 0) is 32.3 Å². The Morgan fingerprint density at radius 2 is 2.00 bits per heavy atom. The van der Waals surface area contributed by atoms with E-state index in [1.807, 2.05) is 18.7 Å². The summed E-state index contributed by atoms with van der Waals surface area (Å²) in [5, 5.41) is 7.00. The zero-order valence-corrected chi connectivity index (χ0v) is 15.0. The maximum absolute atomic E-state index is 12.2. The molecule has 0 spiro atoms. The predicted molar refractivity (Wildman–Crippen MR) is 93.1 cm³/mol. The molecule has 2 aliphatic rings. The van der Waals surface area contributed by atoms with Crippen molar-refractivity contribution in [1.82, 2.24) is 20.0 Å². The van der Waals surface area contributed by atoms with Gasteiger partial charge in [0.15, 0.2) is 0 Å². The van der Waals surface area contributed by atoms with Crippen LogP contribution in [0.25, 0.3) is 0 Å². The van der Waals surface area contributed by atoms with Crippen LogP contribution in [0.4, 0.5) is 0 Å². The van der Waals surface area contributed by atoms with Crippen molar-refractivity contribution < 1.29 is 9.59 Å². The topological polar surface area (TPSA) is 84.3 Å². The smallest absolute Gasteiger partial charge is 0.267 e. The lowest BCUT2D eigenvalue weighted by atomic mass is 10.1. The van der Waals surface area contributed by atoms with E-state index in [4.69, 9.17) is 0 Å². The first kappa shape index (κ1) is 17.6. The first-order valence-corrected chi connectivity index (χ1v) is 9.05. The SMILES string of the molecule is Cc1cc(=O)n(CC(=O)NC[C@H]2CC(=O)N(C3CCCC3)C2)nc1C. The van der Waals surface area contributed by atoms with E-state index in [9.17, 15) is 14.4 Å². The van der Waals surface area contributed by atoms with E-state index in [-0.39, 0.29) is 29.8 Å². The van der Waals surface area contributed by atoms with Crippen molar-refractivity contribution in [3.63, 3.8) is 0 Å². The van der Waals surface area contributed by atoms with E-state index < -0.39 is 0 Å². The standard InChI is InChI=1S/C18H26N4O3/c1-12-7-18(25)22(20-13(12)2)11-16(23)19-9-14-8-17(24)21(10-14)15-5-3-4-6-15/h7,14-15H,3-6,8-11H2,1-2H3,(H,19,23)/t14-/m1/s1. The largest absolute Gasteiger partial charge is 0.354 e. The van der Waals surface area contributed by atoms with E-state index in [0.717, 1.165) is 30.6 Å². The van der Waals surface area contributed by atoms with Crippen molar-refractivity contribution in [2.75, 3.05) is 13.1 Å². The van der Waals surface area contributed by atoms with E-state index in [1.165, 1.54) is 23.6 Å². The third kappa shape index (κ3) is 4.08. The average Bonchev–Trinajstić information content (AvgIpc) is 3.20. The minimum atomic E-state index is -0.276. The maximum atomic E-state index is 12.2. The molecule has 1 aliphatic heterocycles. The molecule has 7 heteroatoms. The number of nitrogens with one attached hydrogen (secondary N) is 1. The molecule has 1 N–H and O–H groups in total. The van der Waals surface area contributed by atoms with Crippen LogP contribution in [0.1, 0.15) is 43.4 Å². The number of hydrogen-bond acceptors (Lipinski definition) is 4. The molecule has 1 aromatic rings. The molecule has 3 rings (SSSR count). The normalized spacial score (nSPS) is 21.1. The van der Waals surface area contributed by atoms with Crippen LogP contribution >= 0.6 is 0 Å². The van der Waals surface area contributed by atoms with Crippen LogP contribution in [0.5, 0.6) is 0 Å². The number of hydrogen-bond donors (Lipinski definition) is 1. The molecule has 7 nitrogen and oxygen atoms in total. The monoisotopic (exact) mass is 346 g/mol. The van der Waals surface area contributed by atoms with Gasteiger partial charge in [0.1, 0.15) is 6.54 Å². The molecule has 1 atom stereocenters. The molecule has 1 aliphatic carbocycles. The third-order valence-corrected chi connectivity index (χ3v) is 5.32. The summed E-state index contributed by atoms with van der Waals surface area (Å²) in [5.41, 5.74) is 1.28. The van der Waals surface area contributed by atoms with Crippen LogP contribution in [0.15, 0.2) is 10.9 Å². The summed E-state index contributed by atoms with van der Waals surface area (Å²) >= 11 is 0. The number of carbonyl (C=O) groups is 2. The number of aromatic nitrogens is 2. The van der Waals surface area contributed by atoms with Gasteiger partial charge in [0.2, 0.25) is 11.8 Å². The molecular formula is C18H26N4O3. The molecule has 0 radical (unpaired) electrons. The minimum absolute atomic E-state index is 0.0903. The number of aryl methyl sites for hydroxylation is 2. The highest BCUT2D eigenvalue weighted by molar-refractivity contribution is 5.79. The van der Waals surface area contributed by atoms with E-state index in [2.05, 4.69) is 10.4 Å². The van der Waals surface area contributed by atoms with Crippen molar-refractivity contribution in [2.24, 2.45) is 5.92 Å². The maximum Gasteiger partial charge on any atom is 0.267 e. The molecule has 2 amide bonds. The highest BCUT2D eigenvalue weighted by Crippen LogP contribution is 2.29. The predicted octanol–water partition coefficient (Wildman–Crippen LogP) is 0.767. The highest BCUT2D eigenvalue weighted by Gasteiger charge is 2.35. The summed E-state index contributed by atoms with van der Waals surface area (Å²) in [6.45, 7) is 4.73. The lowest BCUT2D eigenvalue weighted by Gasteiger charge is -2.24. The van der Waals surface area contributed by atoms with Crippen LogP contribution in [0, 0.1) is 19.8 Å². The van der Waals surface area contributed by atoms with Gasteiger partial charge in [-0.25, -0.2) is 4.68 Å². The molecule has 2 fully saturated rings. The molecular weight excluding hydrogens is 320 g/mol. The average molecular weight is 346 g/mol. The van der Waals surface area contributed by atoms with Gasteiger partial charge in [0.05, 0.1) is 5.69 Å². The number of carbonyl (C=O) groups excluding carboxylic acids is 2. The Bertz CT molecular complexity index is 722. The van der Waals surface area contributed by atoms with E-state index in [0.29, 0.717) is 19.0 Å². The minimum Gasteiger partial charge on any atom is -0.354 e. The first-order valence-electron chi connectivity index (χ1n) is 9.05. The summed E-state index contributed by atoms with van der Waals surface area (Å²) in [5.74, 6) is 0.115. The molecule has 0 bridgehead atoms. The fourth-order valence-corrected chi connectivity index (χ4v) is 3.75. The van der Waals surface area contributed by atoms with Crippen molar-refractivity contribution in [3.05, 3.63) is 27.7 Å². The first-order chi connectivity index (χ1) is 11.9. The zero-order valence-electron chi connectivity index (χ0n) is 15.0. The molecule has 0 aromatic carbocycles. The highest BCUT2D eigenvalue weighted by atomic mass is 16.2. The van der Waals surface area contributed by atoms with Crippen molar-refractivity contribution in [1.29, 1.82) is 0 Å². The van der Waals surface area contributed by atoms with Gasteiger partial charge in [-0.2, -0.15) is 5.10 Å². The lowest BCUT2D eigenvalue weighted by Crippen LogP contribution is -2.38. The fraction of sp³-hybridized carbons (Fsp3) is 0.667. The second-order valence-corrected chi connectivity index (χ2v) is 7.27. The Labute approximate surface area is 147 Å². The van der Waals surface area contributed by atoms with Gasteiger partial charge >= 0.3 is 0 Å². The molecule has 0 unspecified atom stereocenters. The van der Waals surface area contributed by atoms with Crippen LogP contribution in [-0.2, 0) is 16.1 Å². The molecule has 1 aromatic heterocycles. The van der Waals surface area contributed by atoms with Crippen molar-refractivity contribution in [3.8, 4) is 0 Å². The van der Waals surface area contributed by atoms with Gasteiger partial charge in [-0.15, -0.1) is 0 Å². The summed E-state index contributed by atoms with van der Waals surface area (Å²) in [6, 6.07) is 1.89. The van der Waals surface area contributed by atoms with E-state index in [1.54, 1.807) is 0 Å². The van der Waals surface area contributed by atoms with E-state index >= 15 is 0 Å². The van der Waals surface area contributed by atoms with Gasteiger partial charge in [0, 0.05) is 37.5 Å². The summed E-state index contributed by atoms with van der Waals surface area (Å²) in [7, 11) is 0. The Kier molecular flexibility index (Phi) is 5.20. The Morgan fingerprint density at radius 1 is 1.28 bits per heavy atom. The Balaban J connectivity index is 1.50. The number of nitrogens with zero attached hydrogens (tertiary/aromatic N) is 3. The van der Waals surface area contributed by atoms with Crippen LogP contribution < -0.4 is 10.9 Å². The number of rotatable bonds is 5. The second-order valence-electron chi connectivity index (χ2n) is 7.27. The summed E-state index contributed by atoms with van der Waals surface area (Å²) in [6.07, 6.45) is 5.11. The van der Waals surface area contributed by atoms with Crippen LogP contribution in [0.2, 0.25) is 0 Å². The molecule has 136 valence electrons. The van der Waals surface area contributed by atoms with Crippen LogP contribution in [-0.4, -0.2) is 45.6 Å². The fourth-order valence-electron chi connectivity index (χ4n) is 3.75. The zero-order chi connectivity index (χ0) is 18.0. The van der Waals surface area contributed by atoms with Gasteiger partial charge in [-0.3, -0.25) is 14.4 Å². The van der Waals surface area contributed by atoms with Crippen molar-refractivity contribution in [2.45, 2.75) is 58.5 Å². The number of likely N-dealkylation sites (tertiary alicyclic amines) is 1. The lowest BCUT2D eigenvalue weighted by molar-refractivity contribution is -0.129. The van der Waals surface area contributed by atoms with Gasteiger partial charge in [-0.1, -0.05) is 12.8 Å². The third-order valence-electron chi connectivity index (χ3n) is 5.32.